The van der Waals surface area contributed by atoms with E-state index in [-0.39, 0.29) is 40.2 Å². The number of phosphoric acid groups is 1. The van der Waals surface area contributed by atoms with Crippen LogP contribution in [0.15, 0.2) is 0 Å². The predicted octanol–water partition coefficient (Wildman–Crippen LogP) is -5.10. The first-order valence-corrected chi connectivity index (χ1v) is 4.19. The molecular weight excluding hydrogens is 261 g/mol. The maximum Gasteiger partial charge on any atom is 3.00 e. The summed E-state index contributed by atoms with van der Waals surface area (Å²) in [6, 6.07) is 0. The van der Waals surface area contributed by atoms with Gasteiger partial charge in [-0.05, 0) is 0 Å². The Bertz CT molecular complexity index is 196. The molecule has 0 aliphatic carbocycles. The van der Waals surface area contributed by atoms with Gasteiger partial charge in [-0.3, -0.25) is 8.42 Å². The molecule has 0 bridgehead atoms. The molecule has 0 aromatic carbocycles. The van der Waals surface area contributed by atoms with E-state index in [1.165, 1.54) is 0 Å². The molecule has 72 valence electrons. The summed E-state index contributed by atoms with van der Waals surface area (Å²) in [7, 11) is -10.6. The number of hydrogen-bond acceptors (Lipinski definition) is 9. The molecule has 13 heavy (non-hydrogen) atoms. The molecule has 0 fully saturated rings. The Morgan fingerprint density at radius 3 is 0.923 bits per heavy atom. The molecule has 0 saturated carbocycles. The van der Waals surface area contributed by atoms with Crippen molar-refractivity contribution in [1.29, 1.82) is 0 Å². The fourth-order valence-corrected chi connectivity index (χ4v) is 0. The van der Waals surface area contributed by atoms with Crippen LogP contribution in [0.25, 0.3) is 0 Å². The second kappa shape index (κ2) is 11.1. The monoisotopic (exact) mass is 262 g/mol. The second-order valence-corrected chi connectivity index (χ2v) is 2.57. The minimum absolute atomic E-state index is 0. The molecule has 0 unspecified atom stereocenters. The van der Waals surface area contributed by atoms with E-state index in [0.717, 1.165) is 0 Å². The van der Waals surface area contributed by atoms with Gasteiger partial charge in [-0.15, -0.1) is 0 Å². The largest absolute Gasteiger partial charge is 3.00 e. The van der Waals surface area contributed by atoms with Crippen molar-refractivity contribution >= 4 is 52.9 Å². The zero-order valence-electron chi connectivity index (χ0n) is 5.72. The summed E-state index contributed by atoms with van der Waals surface area (Å²) in [6.07, 6.45) is 0. The van der Waals surface area contributed by atoms with Crippen molar-refractivity contribution in [2.45, 2.75) is 0 Å². The van der Waals surface area contributed by atoms with E-state index >= 15 is 0 Å². The first-order chi connectivity index (χ1) is 4.00. The molecule has 13 heteroatoms. The van der Waals surface area contributed by atoms with Crippen LogP contribution in [0.2, 0.25) is 0 Å². The summed E-state index contributed by atoms with van der Waals surface area (Å²) in [5.74, 6) is 0. The van der Waals surface area contributed by atoms with Crippen molar-refractivity contribution in [3.05, 3.63) is 0 Å². The predicted molar refractivity (Wildman–Crippen MR) is 31.5 cm³/mol. The molecule has 0 atom stereocenters. The van der Waals surface area contributed by atoms with Gasteiger partial charge in [0.1, 0.15) is 0 Å². The normalized spacial score (nSPS) is 9.00. The van der Waals surface area contributed by atoms with Crippen LogP contribution in [-0.4, -0.2) is 57.7 Å². The van der Waals surface area contributed by atoms with Crippen LogP contribution in [0.4, 0.5) is 0 Å². The first-order valence-electron chi connectivity index (χ1n) is 1.40. The van der Waals surface area contributed by atoms with Gasteiger partial charge in [-0.1, -0.05) is 0 Å². The molecule has 1 N–H and O–H groups in total. The van der Waals surface area contributed by atoms with E-state index in [1.54, 1.807) is 0 Å². The minimum Gasteiger partial charge on any atom is -0.870 e. The molecule has 0 aliphatic heterocycles. The van der Waals surface area contributed by atoms with Gasteiger partial charge in [0.05, 0.1) is 0 Å². The first kappa shape index (κ1) is 29.2. The Hall–Kier alpha value is 1.00. The number of hydrogen-bond donors (Lipinski definition) is 0. The smallest absolute Gasteiger partial charge is 0.870 e. The molecule has 0 aliphatic rings. The summed E-state index contributed by atoms with van der Waals surface area (Å²) >= 11 is 0. The number of rotatable bonds is 0. The van der Waals surface area contributed by atoms with Gasteiger partial charge >= 0.3 is 34.7 Å². The molecule has 0 radical (unpaired) electrons. The summed E-state index contributed by atoms with van der Waals surface area (Å²) in [6.45, 7) is 0. The van der Waals surface area contributed by atoms with Crippen molar-refractivity contribution in [1.82, 2.24) is 0 Å². The van der Waals surface area contributed by atoms with Gasteiger partial charge in [0.15, 0.2) is 0 Å². The summed E-state index contributed by atoms with van der Waals surface area (Å²) in [5.41, 5.74) is 0. The van der Waals surface area contributed by atoms with E-state index in [1.807, 2.05) is 0 Å². The third-order valence-corrected chi connectivity index (χ3v) is 0. The second-order valence-electron chi connectivity index (χ2n) is 0.855. The van der Waals surface area contributed by atoms with Crippen LogP contribution in [0.5, 0.6) is 0 Å². The molecule has 0 spiro atoms. The summed E-state index contributed by atoms with van der Waals surface area (Å²) < 4.78 is 42.6. The third kappa shape index (κ3) is 1560. The fraction of sp³-hybridized carbons (Fsp3) is 0. The average molecular weight is 262 g/mol. The molecule has 0 heterocycles. The van der Waals surface area contributed by atoms with Crippen molar-refractivity contribution in [3.8, 4) is 0 Å². The van der Waals surface area contributed by atoms with Crippen LogP contribution >= 0.6 is 7.82 Å². The van der Waals surface area contributed by atoms with Gasteiger partial charge in [0.2, 0.25) is 0 Å². The van der Waals surface area contributed by atoms with Crippen LogP contribution in [0.3, 0.4) is 0 Å². The van der Waals surface area contributed by atoms with E-state index in [9.17, 15) is 0 Å². The van der Waals surface area contributed by atoms with Crippen molar-refractivity contribution < 1.29 is 42.2 Å². The molecule has 0 amide bonds. The van der Waals surface area contributed by atoms with Gasteiger partial charge in [0, 0.05) is 10.4 Å². The Balaban J connectivity index is -0.0000000267. The Kier molecular flexibility index (Phi) is 24.9. The van der Waals surface area contributed by atoms with E-state index in [2.05, 4.69) is 0 Å². The van der Waals surface area contributed by atoms with Crippen molar-refractivity contribution in [2.24, 2.45) is 0 Å². The van der Waals surface area contributed by atoms with Crippen LogP contribution in [-0.2, 0) is 15.0 Å². The van der Waals surface area contributed by atoms with E-state index in [0.29, 0.717) is 0 Å². The molecule has 0 aromatic rings. The standard InChI is InChI=1S/2Al.H3O4P.H2O4S.H2O/c;;2*1-5(2,3)4;/h;;(H3,1,2,3,4);(H2,1,2,3,4);1H2/q2*+3;;;/p-6. The maximum absolute atomic E-state index is 8.55. The van der Waals surface area contributed by atoms with E-state index < -0.39 is 18.2 Å². The van der Waals surface area contributed by atoms with Gasteiger partial charge in [-0.25, -0.2) is 0 Å². The molecule has 0 rings (SSSR count). The van der Waals surface area contributed by atoms with Crippen LogP contribution in [0, 0.1) is 0 Å². The van der Waals surface area contributed by atoms with Crippen molar-refractivity contribution in [3.63, 3.8) is 0 Å². The fourth-order valence-electron chi connectivity index (χ4n) is 0. The van der Waals surface area contributed by atoms with Gasteiger partial charge < -0.3 is 33.8 Å². The molecule has 0 aromatic heterocycles. The molecular formula is HAl2O9PS. The Morgan fingerprint density at radius 1 is 0.923 bits per heavy atom. The Morgan fingerprint density at radius 2 is 0.923 bits per heavy atom. The topological polar surface area (TPSA) is 197 Å². The molecule has 0 saturated heterocycles. The summed E-state index contributed by atoms with van der Waals surface area (Å²) in [5, 5.41) is 0. The van der Waals surface area contributed by atoms with Crippen molar-refractivity contribution in [2.75, 3.05) is 0 Å². The SMILES string of the molecule is O=P([O-])([O-])[O-].O=S(=O)([O-])[O-].[Al+3].[Al+3].[OH-]. The van der Waals surface area contributed by atoms with Gasteiger partial charge in [-0.2, -0.15) is 7.82 Å². The van der Waals surface area contributed by atoms with Crippen LogP contribution < -0.4 is 14.7 Å². The summed E-state index contributed by atoms with van der Waals surface area (Å²) in [4.78, 5) is 25.6. The quantitative estimate of drug-likeness (QED) is 0.177. The minimum atomic E-state index is -5.39. The molecule has 9 nitrogen and oxygen atoms in total. The zero-order valence-corrected chi connectivity index (χ0v) is 9.74. The average Bonchev–Trinajstić information content (AvgIpc) is 1.12. The third-order valence-electron chi connectivity index (χ3n) is 0. The van der Waals surface area contributed by atoms with Gasteiger partial charge in [0.25, 0.3) is 0 Å². The zero-order chi connectivity index (χ0) is 9.00. The van der Waals surface area contributed by atoms with Crippen LogP contribution in [0.1, 0.15) is 0 Å². The van der Waals surface area contributed by atoms with E-state index in [4.69, 9.17) is 36.8 Å². The maximum atomic E-state index is 8.55. The Labute approximate surface area is 95.2 Å².